The topological polar surface area (TPSA) is 67.2 Å². The summed E-state index contributed by atoms with van der Waals surface area (Å²) in [6.07, 6.45) is 1.86. The van der Waals surface area contributed by atoms with Crippen molar-refractivity contribution in [2.45, 2.75) is 18.9 Å². The molecule has 0 bridgehead atoms. The molecule has 0 aromatic heterocycles. The molecule has 1 saturated carbocycles. The van der Waals surface area contributed by atoms with Gasteiger partial charge in [-0.2, -0.15) is 13.7 Å². The molecule has 0 saturated heterocycles. The molecule has 1 rings (SSSR count). The summed E-state index contributed by atoms with van der Waals surface area (Å²) in [5.74, 6) is -0.0123. The highest BCUT2D eigenvalue weighted by molar-refractivity contribution is 7.86. The predicted molar refractivity (Wildman–Crippen MR) is 38.1 cm³/mol. The van der Waals surface area contributed by atoms with Crippen molar-refractivity contribution in [2.75, 3.05) is 6.26 Å². The summed E-state index contributed by atoms with van der Waals surface area (Å²) < 4.78 is 25.7. The van der Waals surface area contributed by atoms with Crippen molar-refractivity contribution in [1.29, 1.82) is 5.26 Å². The van der Waals surface area contributed by atoms with Crippen LogP contribution >= 0.6 is 0 Å². The lowest BCUT2D eigenvalue weighted by Gasteiger charge is -2.28. The van der Waals surface area contributed by atoms with Gasteiger partial charge in [0.2, 0.25) is 0 Å². The second-order valence-electron chi connectivity index (χ2n) is 2.72. The first-order chi connectivity index (χ1) is 5.01. The van der Waals surface area contributed by atoms with E-state index in [2.05, 4.69) is 4.18 Å². The fourth-order valence-corrected chi connectivity index (χ4v) is 1.65. The monoisotopic (exact) mass is 175 g/mol. The van der Waals surface area contributed by atoms with E-state index in [4.69, 9.17) is 5.26 Å². The Balaban J connectivity index is 2.31. The molecule has 0 radical (unpaired) electrons. The third kappa shape index (κ3) is 2.48. The highest BCUT2D eigenvalue weighted by atomic mass is 32.2. The van der Waals surface area contributed by atoms with E-state index in [0.717, 1.165) is 6.26 Å². The number of rotatable bonds is 2. The Labute approximate surface area is 65.9 Å². The summed E-state index contributed by atoms with van der Waals surface area (Å²) in [4.78, 5) is 0. The van der Waals surface area contributed by atoms with Crippen LogP contribution in [-0.2, 0) is 14.3 Å². The van der Waals surface area contributed by atoms with E-state index >= 15 is 0 Å². The Hall–Kier alpha value is -0.600. The largest absolute Gasteiger partial charge is 0.267 e. The average molecular weight is 175 g/mol. The second kappa shape index (κ2) is 2.80. The quantitative estimate of drug-likeness (QED) is 0.565. The minimum atomic E-state index is -3.33. The van der Waals surface area contributed by atoms with Crippen molar-refractivity contribution in [3.8, 4) is 6.07 Å². The first-order valence-corrected chi connectivity index (χ1v) is 5.11. The summed E-state index contributed by atoms with van der Waals surface area (Å²) in [7, 11) is -3.33. The predicted octanol–water partition coefficient (Wildman–Crippen LogP) is 0.265. The number of hydrogen-bond acceptors (Lipinski definition) is 4. The van der Waals surface area contributed by atoms with Crippen LogP contribution < -0.4 is 0 Å². The molecule has 0 aliphatic heterocycles. The zero-order valence-corrected chi connectivity index (χ0v) is 6.97. The van der Waals surface area contributed by atoms with Gasteiger partial charge in [0.25, 0.3) is 10.1 Å². The molecule has 0 amide bonds. The molecule has 4 nitrogen and oxygen atoms in total. The molecule has 1 fully saturated rings. The van der Waals surface area contributed by atoms with Gasteiger partial charge < -0.3 is 0 Å². The van der Waals surface area contributed by atoms with Crippen LogP contribution in [0.25, 0.3) is 0 Å². The molecule has 0 aromatic rings. The maximum Gasteiger partial charge on any atom is 0.264 e. The van der Waals surface area contributed by atoms with E-state index in [1.54, 1.807) is 0 Å². The normalized spacial score (nSPS) is 30.5. The second-order valence-corrected chi connectivity index (χ2v) is 4.32. The molecule has 5 heteroatoms. The molecule has 0 aromatic carbocycles. The molecule has 0 heterocycles. The van der Waals surface area contributed by atoms with Crippen LogP contribution in [0.4, 0.5) is 0 Å². The zero-order valence-electron chi connectivity index (χ0n) is 6.15. The number of hydrogen-bond donors (Lipinski definition) is 0. The van der Waals surface area contributed by atoms with Crippen molar-refractivity contribution in [3.63, 3.8) is 0 Å². The fraction of sp³-hybridized carbons (Fsp3) is 0.833. The minimum absolute atomic E-state index is 0.0123. The van der Waals surface area contributed by atoms with Gasteiger partial charge in [-0.15, -0.1) is 0 Å². The molecular formula is C6H9NO3S. The first kappa shape index (κ1) is 8.50. The van der Waals surface area contributed by atoms with Crippen molar-refractivity contribution in [3.05, 3.63) is 0 Å². The van der Waals surface area contributed by atoms with Gasteiger partial charge in [-0.3, -0.25) is 4.18 Å². The molecule has 0 N–H and O–H groups in total. The smallest absolute Gasteiger partial charge is 0.264 e. The third-order valence-corrected chi connectivity index (χ3v) is 2.21. The molecule has 1 aliphatic carbocycles. The van der Waals surface area contributed by atoms with Gasteiger partial charge in [-0.1, -0.05) is 0 Å². The van der Waals surface area contributed by atoms with Crippen molar-refractivity contribution in [1.82, 2.24) is 0 Å². The van der Waals surface area contributed by atoms with E-state index in [1.807, 2.05) is 6.07 Å². The Kier molecular flexibility index (Phi) is 2.16. The van der Waals surface area contributed by atoms with Crippen LogP contribution in [0.5, 0.6) is 0 Å². The van der Waals surface area contributed by atoms with E-state index in [0.29, 0.717) is 12.8 Å². The van der Waals surface area contributed by atoms with Crippen molar-refractivity contribution >= 4 is 10.1 Å². The van der Waals surface area contributed by atoms with Gasteiger partial charge in [-0.05, 0) is 12.8 Å². The first-order valence-electron chi connectivity index (χ1n) is 3.29. The fourth-order valence-electron chi connectivity index (χ4n) is 0.997. The summed E-state index contributed by atoms with van der Waals surface area (Å²) in [6.45, 7) is 0. The highest BCUT2D eigenvalue weighted by Gasteiger charge is 2.32. The maximum absolute atomic E-state index is 10.5. The van der Waals surface area contributed by atoms with Crippen LogP contribution in [0.2, 0.25) is 0 Å². The molecule has 0 spiro atoms. The minimum Gasteiger partial charge on any atom is -0.267 e. The zero-order chi connectivity index (χ0) is 8.48. The van der Waals surface area contributed by atoms with Gasteiger partial charge in [0.1, 0.15) is 0 Å². The van der Waals surface area contributed by atoms with Gasteiger partial charge in [-0.25, -0.2) is 0 Å². The Morgan fingerprint density at radius 1 is 1.55 bits per heavy atom. The van der Waals surface area contributed by atoms with E-state index < -0.39 is 10.1 Å². The van der Waals surface area contributed by atoms with E-state index in [9.17, 15) is 8.42 Å². The summed E-state index contributed by atoms with van der Waals surface area (Å²) in [5, 5.41) is 8.35. The van der Waals surface area contributed by atoms with Crippen LogP contribution in [-0.4, -0.2) is 20.8 Å². The van der Waals surface area contributed by atoms with Gasteiger partial charge >= 0.3 is 0 Å². The standard InChI is InChI=1S/C6H9NO3S/c1-11(8,9)10-6-2-5(3-6)4-7/h5-6H,2-3H2,1H3. The van der Waals surface area contributed by atoms with Gasteiger partial charge in [0.15, 0.2) is 0 Å². The van der Waals surface area contributed by atoms with Crippen LogP contribution in [0.3, 0.4) is 0 Å². The lowest BCUT2D eigenvalue weighted by Crippen LogP contribution is -2.32. The lowest BCUT2D eigenvalue weighted by atomic mass is 9.84. The average Bonchev–Trinajstić information content (AvgIpc) is 1.75. The van der Waals surface area contributed by atoms with Crippen LogP contribution in [0.1, 0.15) is 12.8 Å². The van der Waals surface area contributed by atoms with Crippen molar-refractivity contribution < 1.29 is 12.6 Å². The van der Waals surface area contributed by atoms with Crippen molar-refractivity contribution in [2.24, 2.45) is 5.92 Å². The van der Waals surface area contributed by atoms with E-state index in [1.165, 1.54) is 0 Å². The molecular weight excluding hydrogens is 166 g/mol. The summed E-state index contributed by atoms with van der Waals surface area (Å²) in [5.41, 5.74) is 0. The SMILES string of the molecule is CS(=O)(=O)OC1CC(C#N)C1. The Bertz CT molecular complexity index is 271. The van der Waals surface area contributed by atoms with E-state index in [-0.39, 0.29) is 12.0 Å². The Morgan fingerprint density at radius 2 is 2.09 bits per heavy atom. The summed E-state index contributed by atoms with van der Waals surface area (Å²) >= 11 is 0. The highest BCUT2D eigenvalue weighted by Crippen LogP contribution is 2.29. The van der Waals surface area contributed by atoms with Crippen LogP contribution in [0.15, 0.2) is 0 Å². The lowest BCUT2D eigenvalue weighted by molar-refractivity contribution is 0.0972. The molecule has 0 unspecified atom stereocenters. The Morgan fingerprint density at radius 3 is 2.45 bits per heavy atom. The van der Waals surface area contributed by atoms with Crippen LogP contribution in [0, 0.1) is 17.2 Å². The number of nitriles is 1. The number of nitrogens with zero attached hydrogens (tertiary/aromatic N) is 1. The molecule has 11 heavy (non-hydrogen) atoms. The third-order valence-electron chi connectivity index (χ3n) is 1.59. The maximum atomic E-state index is 10.5. The summed E-state index contributed by atoms with van der Waals surface area (Å²) in [6, 6.07) is 2.04. The molecule has 62 valence electrons. The van der Waals surface area contributed by atoms with Gasteiger partial charge in [0.05, 0.1) is 24.3 Å². The molecule has 1 aliphatic rings. The van der Waals surface area contributed by atoms with Gasteiger partial charge in [0, 0.05) is 0 Å². The molecule has 0 atom stereocenters.